The summed E-state index contributed by atoms with van der Waals surface area (Å²) in [5.41, 5.74) is -0.439. The molecule has 3 heteroatoms. The first kappa shape index (κ1) is 10.7. The fourth-order valence-electron chi connectivity index (χ4n) is 3.16. The van der Waals surface area contributed by atoms with Crippen LogP contribution in [0.2, 0.25) is 0 Å². The number of carbonyl (C=O) groups excluding carboxylic acids is 2. The summed E-state index contributed by atoms with van der Waals surface area (Å²) in [7, 11) is 0. The number of hydrogen-bond donors (Lipinski definition) is 0. The lowest BCUT2D eigenvalue weighted by atomic mass is 9.68. The van der Waals surface area contributed by atoms with Gasteiger partial charge in [-0.25, -0.2) is 0 Å². The van der Waals surface area contributed by atoms with Gasteiger partial charge in [0.2, 0.25) is 0 Å². The summed E-state index contributed by atoms with van der Waals surface area (Å²) in [6.45, 7) is 2.24. The van der Waals surface area contributed by atoms with Crippen LogP contribution in [-0.2, 0) is 14.3 Å². The van der Waals surface area contributed by atoms with Crippen molar-refractivity contribution < 1.29 is 14.3 Å². The van der Waals surface area contributed by atoms with Crippen molar-refractivity contribution in [3.8, 4) is 0 Å². The normalized spacial score (nSPS) is 35.0. The highest BCUT2D eigenvalue weighted by Crippen LogP contribution is 2.51. The van der Waals surface area contributed by atoms with Gasteiger partial charge in [0.15, 0.2) is 0 Å². The summed E-state index contributed by atoms with van der Waals surface area (Å²) >= 11 is 0. The van der Waals surface area contributed by atoms with Crippen LogP contribution in [0.1, 0.15) is 45.4 Å². The first-order chi connectivity index (χ1) is 7.19. The van der Waals surface area contributed by atoms with Gasteiger partial charge in [-0.3, -0.25) is 9.59 Å². The maximum Gasteiger partial charge on any atom is 0.312 e. The Labute approximate surface area is 90.2 Å². The van der Waals surface area contributed by atoms with E-state index in [0.29, 0.717) is 19.4 Å². The van der Waals surface area contributed by atoms with Crippen LogP contribution >= 0.6 is 0 Å². The Balaban J connectivity index is 2.21. The van der Waals surface area contributed by atoms with Gasteiger partial charge in [0.05, 0.1) is 12.0 Å². The van der Waals surface area contributed by atoms with Crippen LogP contribution in [0.5, 0.6) is 0 Å². The van der Waals surface area contributed by atoms with Crippen LogP contribution in [0.25, 0.3) is 0 Å². The van der Waals surface area contributed by atoms with Crippen molar-refractivity contribution in [2.45, 2.75) is 45.4 Å². The molecule has 0 radical (unpaired) electrons. The van der Waals surface area contributed by atoms with E-state index in [1.165, 1.54) is 0 Å². The van der Waals surface area contributed by atoms with Gasteiger partial charge in [-0.05, 0) is 25.7 Å². The van der Waals surface area contributed by atoms with Crippen molar-refractivity contribution >= 4 is 11.8 Å². The molecule has 0 aliphatic heterocycles. The molecule has 2 atom stereocenters. The lowest BCUT2D eigenvalue weighted by molar-refractivity contribution is -0.160. The number of ether oxygens (including phenoxy) is 1. The minimum Gasteiger partial charge on any atom is -0.466 e. The van der Waals surface area contributed by atoms with E-state index in [-0.39, 0.29) is 17.7 Å². The standard InChI is InChI=1S/C12H18O3/c1-2-15-11(14)12-6-4-3-5-9(12)7-10(13)8-12/h9H,2-8H2,1H3/t9-,12-/m1/s1. The van der Waals surface area contributed by atoms with E-state index in [0.717, 1.165) is 25.7 Å². The minimum absolute atomic E-state index is 0.124. The van der Waals surface area contributed by atoms with Crippen molar-refractivity contribution in [3.63, 3.8) is 0 Å². The van der Waals surface area contributed by atoms with Gasteiger partial charge in [0, 0.05) is 12.8 Å². The minimum atomic E-state index is -0.439. The molecular formula is C12H18O3. The molecule has 0 unspecified atom stereocenters. The highest BCUT2D eigenvalue weighted by atomic mass is 16.5. The molecule has 0 N–H and O–H groups in total. The van der Waals surface area contributed by atoms with Gasteiger partial charge in [-0.15, -0.1) is 0 Å². The Hall–Kier alpha value is -0.860. The molecule has 84 valence electrons. The zero-order valence-corrected chi connectivity index (χ0v) is 9.25. The van der Waals surface area contributed by atoms with Crippen LogP contribution in [0.15, 0.2) is 0 Å². The molecule has 0 aromatic rings. The Morgan fingerprint density at radius 2 is 2.33 bits per heavy atom. The van der Waals surface area contributed by atoms with Gasteiger partial charge in [0.1, 0.15) is 5.78 Å². The number of ketones is 1. The van der Waals surface area contributed by atoms with Crippen molar-refractivity contribution in [2.24, 2.45) is 11.3 Å². The molecule has 0 bridgehead atoms. The van der Waals surface area contributed by atoms with Crippen LogP contribution in [-0.4, -0.2) is 18.4 Å². The van der Waals surface area contributed by atoms with Crippen molar-refractivity contribution in [1.82, 2.24) is 0 Å². The molecule has 0 heterocycles. The summed E-state index contributed by atoms with van der Waals surface area (Å²) in [4.78, 5) is 23.5. The van der Waals surface area contributed by atoms with Crippen molar-refractivity contribution in [3.05, 3.63) is 0 Å². The maximum atomic E-state index is 12.0. The third kappa shape index (κ3) is 1.68. The van der Waals surface area contributed by atoms with E-state index in [4.69, 9.17) is 4.74 Å². The second-order valence-corrected chi connectivity index (χ2v) is 4.74. The first-order valence-electron chi connectivity index (χ1n) is 5.88. The molecule has 0 aromatic heterocycles. The topological polar surface area (TPSA) is 43.4 Å². The summed E-state index contributed by atoms with van der Waals surface area (Å²) < 4.78 is 5.14. The zero-order valence-electron chi connectivity index (χ0n) is 9.25. The predicted molar refractivity (Wildman–Crippen MR) is 55.3 cm³/mol. The van der Waals surface area contributed by atoms with Crippen LogP contribution in [0.4, 0.5) is 0 Å². The largest absolute Gasteiger partial charge is 0.466 e. The molecule has 15 heavy (non-hydrogen) atoms. The van der Waals surface area contributed by atoms with Gasteiger partial charge >= 0.3 is 5.97 Å². The SMILES string of the molecule is CCOC(=O)[C@@]12CCCC[C@@H]1CC(=O)C2. The van der Waals surface area contributed by atoms with Gasteiger partial charge < -0.3 is 4.74 Å². The highest BCUT2D eigenvalue weighted by molar-refractivity contribution is 5.91. The fourth-order valence-corrected chi connectivity index (χ4v) is 3.16. The van der Waals surface area contributed by atoms with E-state index >= 15 is 0 Å². The molecule has 0 amide bonds. The van der Waals surface area contributed by atoms with Crippen molar-refractivity contribution in [1.29, 1.82) is 0 Å². The van der Waals surface area contributed by atoms with Crippen LogP contribution in [0.3, 0.4) is 0 Å². The lowest BCUT2D eigenvalue weighted by Crippen LogP contribution is -2.38. The number of esters is 1. The predicted octanol–water partition coefficient (Wildman–Crippen LogP) is 2.09. The van der Waals surface area contributed by atoms with E-state index < -0.39 is 5.41 Å². The Morgan fingerprint density at radius 1 is 1.53 bits per heavy atom. The van der Waals surface area contributed by atoms with Gasteiger partial charge in [-0.1, -0.05) is 12.8 Å². The van der Waals surface area contributed by atoms with Crippen LogP contribution in [0, 0.1) is 11.3 Å². The molecule has 2 aliphatic rings. The number of rotatable bonds is 2. The Bertz CT molecular complexity index is 285. The molecule has 2 aliphatic carbocycles. The molecular weight excluding hydrogens is 192 g/mol. The Morgan fingerprint density at radius 3 is 3.07 bits per heavy atom. The fraction of sp³-hybridized carbons (Fsp3) is 0.833. The van der Waals surface area contributed by atoms with E-state index in [1.54, 1.807) is 0 Å². The number of Topliss-reactive ketones (excluding diaryl/α,β-unsaturated/α-hetero) is 1. The second kappa shape index (κ2) is 3.95. The molecule has 2 rings (SSSR count). The summed E-state index contributed by atoms with van der Waals surface area (Å²) in [6, 6.07) is 0. The van der Waals surface area contributed by atoms with Gasteiger partial charge in [-0.2, -0.15) is 0 Å². The van der Waals surface area contributed by atoms with E-state index in [2.05, 4.69) is 0 Å². The molecule has 3 nitrogen and oxygen atoms in total. The smallest absolute Gasteiger partial charge is 0.312 e. The number of carbonyl (C=O) groups is 2. The molecule has 2 saturated carbocycles. The molecule has 0 aromatic carbocycles. The molecule has 2 fully saturated rings. The van der Waals surface area contributed by atoms with E-state index in [9.17, 15) is 9.59 Å². The first-order valence-corrected chi connectivity index (χ1v) is 5.88. The highest BCUT2D eigenvalue weighted by Gasteiger charge is 2.53. The van der Waals surface area contributed by atoms with E-state index in [1.807, 2.05) is 6.92 Å². The third-order valence-electron chi connectivity index (χ3n) is 3.88. The summed E-state index contributed by atoms with van der Waals surface area (Å²) in [5.74, 6) is 0.383. The van der Waals surface area contributed by atoms with Gasteiger partial charge in [0.25, 0.3) is 0 Å². The monoisotopic (exact) mass is 210 g/mol. The average molecular weight is 210 g/mol. The van der Waals surface area contributed by atoms with Crippen LogP contribution < -0.4 is 0 Å². The molecule has 0 saturated heterocycles. The third-order valence-corrected chi connectivity index (χ3v) is 3.88. The zero-order chi connectivity index (χ0) is 10.9. The summed E-state index contributed by atoms with van der Waals surface area (Å²) in [5, 5.41) is 0. The summed E-state index contributed by atoms with van der Waals surface area (Å²) in [6.07, 6.45) is 5.10. The number of hydrogen-bond acceptors (Lipinski definition) is 3. The quantitative estimate of drug-likeness (QED) is 0.655. The maximum absolute atomic E-state index is 12.0. The average Bonchev–Trinajstić information content (AvgIpc) is 2.55. The Kier molecular flexibility index (Phi) is 2.81. The second-order valence-electron chi connectivity index (χ2n) is 4.74. The lowest BCUT2D eigenvalue weighted by Gasteiger charge is -2.36. The molecule has 0 spiro atoms. The van der Waals surface area contributed by atoms with Crippen molar-refractivity contribution in [2.75, 3.05) is 6.61 Å². The number of fused-ring (bicyclic) bond motifs is 1.